The van der Waals surface area contributed by atoms with E-state index in [4.69, 9.17) is 9.52 Å². The number of hydrogen-bond donors (Lipinski definition) is 2. The molecule has 0 fully saturated rings. The van der Waals surface area contributed by atoms with Gasteiger partial charge in [0, 0.05) is 12.6 Å². The van der Waals surface area contributed by atoms with Gasteiger partial charge in [-0.3, -0.25) is 4.79 Å². The van der Waals surface area contributed by atoms with Crippen molar-refractivity contribution in [3.8, 4) is 0 Å². The van der Waals surface area contributed by atoms with E-state index in [0.29, 0.717) is 6.42 Å². The molecule has 9 heteroatoms. The number of furan rings is 1. The number of sulfonamides is 1. The summed E-state index contributed by atoms with van der Waals surface area (Å²) in [6.07, 6.45) is 1.30. The lowest BCUT2D eigenvalue weighted by molar-refractivity contribution is -0.142. The van der Waals surface area contributed by atoms with Crippen molar-refractivity contribution in [3.05, 3.63) is 17.9 Å². The summed E-state index contributed by atoms with van der Waals surface area (Å²) in [5.74, 6) is -2.54. The van der Waals surface area contributed by atoms with E-state index < -0.39 is 33.0 Å². The Labute approximate surface area is 128 Å². The van der Waals surface area contributed by atoms with Crippen molar-refractivity contribution >= 4 is 22.0 Å². The summed E-state index contributed by atoms with van der Waals surface area (Å²) in [7, 11) is -2.88. The number of carboxylic acid groups (broad SMARTS) is 1. The summed E-state index contributed by atoms with van der Waals surface area (Å²) < 4.78 is 35.5. The van der Waals surface area contributed by atoms with Gasteiger partial charge < -0.3 is 14.3 Å². The zero-order valence-corrected chi connectivity index (χ0v) is 13.3. The summed E-state index contributed by atoms with van der Waals surface area (Å²) in [6, 6.07) is 1.02. The average Bonchev–Trinajstić information content (AvgIpc) is 2.92. The molecule has 0 aromatic carbocycles. The van der Waals surface area contributed by atoms with Crippen LogP contribution in [-0.2, 0) is 19.6 Å². The van der Waals surface area contributed by atoms with Crippen LogP contribution in [0.4, 0.5) is 0 Å². The zero-order chi connectivity index (χ0) is 16.9. The summed E-state index contributed by atoms with van der Waals surface area (Å²) in [5, 5.41) is 8.61. The Kier molecular flexibility index (Phi) is 6.12. The number of ether oxygens (including phenoxy) is 1. The minimum atomic E-state index is -4.03. The van der Waals surface area contributed by atoms with E-state index in [1.165, 1.54) is 0 Å². The van der Waals surface area contributed by atoms with E-state index in [-0.39, 0.29) is 18.0 Å². The van der Waals surface area contributed by atoms with Gasteiger partial charge in [-0.2, -0.15) is 0 Å². The van der Waals surface area contributed by atoms with Crippen LogP contribution >= 0.6 is 0 Å². The van der Waals surface area contributed by atoms with Crippen molar-refractivity contribution < 1.29 is 32.3 Å². The maximum absolute atomic E-state index is 12.0. The monoisotopic (exact) mass is 333 g/mol. The fourth-order valence-electron chi connectivity index (χ4n) is 1.80. The smallest absolute Gasteiger partial charge is 0.341 e. The van der Waals surface area contributed by atoms with Crippen molar-refractivity contribution in [1.29, 1.82) is 0 Å². The minimum absolute atomic E-state index is 0.0418. The minimum Gasteiger partial charge on any atom is -0.481 e. The number of rotatable bonds is 8. The molecule has 8 nitrogen and oxygen atoms in total. The van der Waals surface area contributed by atoms with Gasteiger partial charge in [-0.05, 0) is 12.3 Å². The normalized spacial score (nSPS) is 13.1. The first-order valence-electron chi connectivity index (χ1n) is 6.56. The highest BCUT2D eigenvalue weighted by Crippen LogP contribution is 2.16. The van der Waals surface area contributed by atoms with Gasteiger partial charge in [0.2, 0.25) is 5.09 Å². The molecule has 1 heterocycles. The first kappa shape index (κ1) is 18.2. The molecule has 0 saturated heterocycles. The lowest BCUT2D eigenvalue weighted by Crippen LogP contribution is -2.33. The largest absolute Gasteiger partial charge is 0.481 e. The Hall–Kier alpha value is -1.87. The molecule has 0 aliphatic heterocycles. The van der Waals surface area contributed by atoms with Gasteiger partial charge in [-0.25, -0.2) is 17.9 Å². The van der Waals surface area contributed by atoms with E-state index in [1.807, 2.05) is 13.8 Å². The van der Waals surface area contributed by atoms with E-state index in [1.54, 1.807) is 0 Å². The molecule has 0 amide bonds. The fraction of sp³-hybridized carbons (Fsp3) is 0.538. The molecule has 0 spiro atoms. The van der Waals surface area contributed by atoms with E-state index in [2.05, 4.69) is 9.46 Å². The van der Waals surface area contributed by atoms with Crippen LogP contribution in [0.25, 0.3) is 0 Å². The number of nitrogens with one attached hydrogen (secondary N) is 1. The van der Waals surface area contributed by atoms with Crippen molar-refractivity contribution in [3.63, 3.8) is 0 Å². The predicted octanol–water partition coefficient (Wildman–Crippen LogP) is 1.09. The first-order chi connectivity index (χ1) is 10.2. The van der Waals surface area contributed by atoms with Crippen LogP contribution in [0.5, 0.6) is 0 Å². The van der Waals surface area contributed by atoms with Gasteiger partial charge in [0.15, 0.2) is 0 Å². The second-order valence-corrected chi connectivity index (χ2v) is 6.86. The number of hydrogen-bond acceptors (Lipinski definition) is 6. The van der Waals surface area contributed by atoms with E-state index in [0.717, 1.165) is 19.4 Å². The van der Waals surface area contributed by atoms with Gasteiger partial charge >= 0.3 is 11.9 Å². The molecule has 0 bridgehead atoms. The quantitative estimate of drug-likeness (QED) is 0.683. The van der Waals surface area contributed by atoms with E-state index >= 15 is 0 Å². The van der Waals surface area contributed by atoms with Crippen molar-refractivity contribution in [2.45, 2.75) is 25.4 Å². The van der Waals surface area contributed by atoms with Crippen LogP contribution in [0.2, 0.25) is 0 Å². The molecule has 124 valence electrons. The lowest BCUT2D eigenvalue weighted by Gasteiger charge is -2.14. The maximum atomic E-state index is 12.0. The molecule has 1 aromatic heterocycles. The molecule has 1 atom stereocenters. The Bertz CT molecular complexity index is 633. The molecule has 0 aliphatic carbocycles. The van der Waals surface area contributed by atoms with Crippen LogP contribution in [0.15, 0.2) is 21.8 Å². The molecule has 1 rings (SSSR count). The summed E-state index contributed by atoms with van der Waals surface area (Å²) >= 11 is 0. The third-order valence-electron chi connectivity index (χ3n) is 2.89. The molecular weight excluding hydrogens is 314 g/mol. The van der Waals surface area contributed by atoms with Crippen LogP contribution in [0.3, 0.4) is 0 Å². The first-order valence-corrected chi connectivity index (χ1v) is 8.05. The highest BCUT2D eigenvalue weighted by Gasteiger charge is 2.25. The Balaban J connectivity index is 2.80. The van der Waals surface area contributed by atoms with Gasteiger partial charge in [0.1, 0.15) is 6.26 Å². The second-order valence-electron chi connectivity index (χ2n) is 5.16. The number of carboxylic acids is 1. The van der Waals surface area contributed by atoms with Crippen molar-refractivity contribution in [1.82, 2.24) is 4.72 Å². The fourth-order valence-corrected chi connectivity index (χ4v) is 2.82. The highest BCUT2D eigenvalue weighted by atomic mass is 32.2. The molecule has 0 aliphatic rings. The van der Waals surface area contributed by atoms with Crippen molar-refractivity contribution in [2.75, 3.05) is 13.7 Å². The van der Waals surface area contributed by atoms with Gasteiger partial charge in [0.05, 0.1) is 18.6 Å². The van der Waals surface area contributed by atoms with E-state index in [9.17, 15) is 18.0 Å². The molecular formula is C13H19NO7S. The highest BCUT2D eigenvalue weighted by molar-refractivity contribution is 7.89. The van der Waals surface area contributed by atoms with Crippen molar-refractivity contribution in [2.24, 2.45) is 11.8 Å². The average molecular weight is 333 g/mol. The predicted molar refractivity (Wildman–Crippen MR) is 75.8 cm³/mol. The zero-order valence-electron chi connectivity index (χ0n) is 12.5. The molecule has 0 radical (unpaired) electrons. The van der Waals surface area contributed by atoms with Gasteiger partial charge in [-0.15, -0.1) is 0 Å². The second kappa shape index (κ2) is 7.41. The number of carbonyl (C=O) groups excluding carboxylic acids is 1. The number of aliphatic carboxylic acids is 1. The SMILES string of the molecule is COC(=O)c1coc(S(=O)(=O)NCC(CC(C)C)C(=O)O)c1. The van der Waals surface area contributed by atoms with Gasteiger partial charge in [0.25, 0.3) is 10.0 Å². The maximum Gasteiger partial charge on any atom is 0.341 e. The number of methoxy groups -OCH3 is 1. The third kappa shape index (κ3) is 4.85. The standard InChI is InChI=1S/C13H19NO7S/c1-8(2)4-9(12(15)16)6-14-22(18,19)11-5-10(7-21-11)13(17)20-3/h5,7-9,14H,4,6H2,1-3H3,(H,15,16). The molecule has 1 unspecified atom stereocenters. The Morgan fingerprint density at radius 2 is 2.05 bits per heavy atom. The molecule has 1 aromatic rings. The van der Waals surface area contributed by atoms with Crippen LogP contribution in [0.1, 0.15) is 30.6 Å². The van der Waals surface area contributed by atoms with Gasteiger partial charge in [-0.1, -0.05) is 13.8 Å². The summed E-state index contributed by atoms with van der Waals surface area (Å²) in [5.41, 5.74) is -0.0418. The van der Waals surface area contributed by atoms with Crippen LogP contribution < -0.4 is 4.72 Å². The summed E-state index contributed by atoms with van der Waals surface area (Å²) in [4.78, 5) is 22.4. The lowest BCUT2D eigenvalue weighted by atomic mass is 9.98. The molecule has 2 N–H and O–H groups in total. The third-order valence-corrected chi connectivity index (χ3v) is 4.18. The number of esters is 1. The topological polar surface area (TPSA) is 123 Å². The van der Waals surface area contributed by atoms with Crippen LogP contribution in [0, 0.1) is 11.8 Å². The Morgan fingerprint density at radius 1 is 1.41 bits per heavy atom. The molecule has 22 heavy (non-hydrogen) atoms. The Morgan fingerprint density at radius 3 is 2.55 bits per heavy atom. The van der Waals surface area contributed by atoms with Crippen LogP contribution in [-0.4, -0.2) is 39.1 Å². The molecule has 0 saturated carbocycles. The summed E-state index contributed by atoms with van der Waals surface area (Å²) in [6.45, 7) is 3.43. The number of carbonyl (C=O) groups is 2.